The molecule has 19 heavy (non-hydrogen) atoms. The topological polar surface area (TPSA) is 90.1 Å². The number of non-ortho nitro benzene ring substituents is 1. The third-order valence-electron chi connectivity index (χ3n) is 2.73. The second-order valence-corrected chi connectivity index (χ2v) is 4.05. The molecule has 1 N–H and O–H groups in total. The number of amides is 1. The van der Waals surface area contributed by atoms with Gasteiger partial charge in [0.25, 0.3) is 11.6 Å². The molecule has 1 aromatic carbocycles. The van der Waals surface area contributed by atoms with Crippen LogP contribution in [0.25, 0.3) is 0 Å². The second kappa shape index (κ2) is 4.89. The monoisotopic (exact) mass is 260 g/mol. The van der Waals surface area contributed by atoms with E-state index in [2.05, 4.69) is 10.4 Å². The van der Waals surface area contributed by atoms with Crippen molar-refractivity contribution >= 4 is 17.3 Å². The van der Waals surface area contributed by atoms with E-state index in [1.54, 1.807) is 26.1 Å². The van der Waals surface area contributed by atoms with Gasteiger partial charge in [-0.3, -0.25) is 19.6 Å². The summed E-state index contributed by atoms with van der Waals surface area (Å²) in [5.41, 5.74) is 1.48. The van der Waals surface area contributed by atoms with E-state index in [0.29, 0.717) is 11.4 Å². The second-order valence-electron chi connectivity index (χ2n) is 4.05. The Morgan fingerprint density at radius 3 is 2.74 bits per heavy atom. The Hall–Kier alpha value is -2.70. The van der Waals surface area contributed by atoms with Gasteiger partial charge in [0.05, 0.1) is 10.6 Å². The minimum atomic E-state index is -0.501. The van der Waals surface area contributed by atoms with Crippen molar-refractivity contribution in [2.75, 3.05) is 5.32 Å². The van der Waals surface area contributed by atoms with Crippen LogP contribution >= 0.6 is 0 Å². The van der Waals surface area contributed by atoms with Crippen molar-refractivity contribution in [1.82, 2.24) is 9.78 Å². The van der Waals surface area contributed by atoms with E-state index in [9.17, 15) is 14.9 Å². The fourth-order valence-corrected chi connectivity index (χ4v) is 1.64. The molecule has 1 heterocycles. The number of nitrogens with one attached hydrogen (secondary N) is 1. The standard InChI is InChI=1S/C12H12N4O3/c1-8-3-4-9(16(18)19)7-10(8)14-12(17)11-5-6-13-15(11)2/h3-7H,1-2H3,(H,14,17). The van der Waals surface area contributed by atoms with Crippen LogP contribution in [0, 0.1) is 17.0 Å². The highest BCUT2D eigenvalue weighted by Crippen LogP contribution is 2.22. The normalized spacial score (nSPS) is 10.2. The number of anilines is 1. The Kier molecular flexibility index (Phi) is 3.28. The molecule has 0 aliphatic heterocycles. The first-order chi connectivity index (χ1) is 8.99. The van der Waals surface area contributed by atoms with Crippen LogP contribution in [0.3, 0.4) is 0 Å². The van der Waals surface area contributed by atoms with Gasteiger partial charge in [0, 0.05) is 25.4 Å². The molecule has 0 atom stereocenters. The molecule has 1 amide bonds. The van der Waals surface area contributed by atoms with Crippen molar-refractivity contribution in [2.24, 2.45) is 7.05 Å². The summed E-state index contributed by atoms with van der Waals surface area (Å²) in [6.45, 7) is 1.77. The van der Waals surface area contributed by atoms with Gasteiger partial charge in [-0.25, -0.2) is 0 Å². The highest BCUT2D eigenvalue weighted by Gasteiger charge is 2.14. The van der Waals surface area contributed by atoms with Crippen molar-refractivity contribution in [3.8, 4) is 0 Å². The predicted octanol–water partition coefficient (Wildman–Crippen LogP) is 1.89. The maximum absolute atomic E-state index is 12.0. The number of carbonyl (C=O) groups excluding carboxylic acids is 1. The fourth-order valence-electron chi connectivity index (χ4n) is 1.64. The van der Waals surface area contributed by atoms with Gasteiger partial charge in [-0.15, -0.1) is 0 Å². The number of benzene rings is 1. The first-order valence-corrected chi connectivity index (χ1v) is 5.53. The van der Waals surface area contributed by atoms with Gasteiger partial charge < -0.3 is 5.32 Å². The number of hydrogen-bond donors (Lipinski definition) is 1. The van der Waals surface area contributed by atoms with Gasteiger partial charge in [-0.05, 0) is 18.6 Å². The molecule has 7 nitrogen and oxygen atoms in total. The Labute approximate surface area is 109 Å². The van der Waals surface area contributed by atoms with Crippen molar-refractivity contribution in [2.45, 2.75) is 6.92 Å². The van der Waals surface area contributed by atoms with Gasteiger partial charge in [-0.1, -0.05) is 6.07 Å². The van der Waals surface area contributed by atoms with Gasteiger partial charge in [0.1, 0.15) is 5.69 Å². The molecule has 0 fully saturated rings. The van der Waals surface area contributed by atoms with E-state index >= 15 is 0 Å². The highest BCUT2D eigenvalue weighted by molar-refractivity contribution is 6.03. The number of rotatable bonds is 3. The number of hydrogen-bond acceptors (Lipinski definition) is 4. The zero-order valence-corrected chi connectivity index (χ0v) is 10.5. The molecular formula is C12H12N4O3. The Bertz CT molecular complexity index is 648. The van der Waals surface area contributed by atoms with Crippen LogP contribution in [0.1, 0.15) is 16.1 Å². The molecule has 0 aliphatic rings. The number of nitro benzene ring substituents is 1. The molecule has 2 aromatic rings. The van der Waals surface area contributed by atoms with Gasteiger partial charge in [-0.2, -0.15) is 5.10 Å². The average molecular weight is 260 g/mol. The predicted molar refractivity (Wildman–Crippen MR) is 69.0 cm³/mol. The third kappa shape index (κ3) is 2.59. The SMILES string of the molecule is Cc1ccc([N+](=O)[O-])cc1NC(=O)c1ccnn1C. The zero-order chi connectivity index (χ0) is 14.0. The summed E-state index contributed by atoms with van der Waals surface area (Å²) in [5, 5.41) is 17.3. The summed E-state index contributed by atoms with van der Waals surface area (Å²) in [6, 6.07) is 5.90. The van der Waals surface area contributed by atoms with Crippen LogP contribution in [-0.4, -0.2) is 20.6 Å². The average Bonchev–Trinajstić information content (AvgIpc) is 2.78. The van der Waals surface area contributed by atoms with Crippen molar-refractivity contribution in [1.29, 1.82) is 0 Å². The molecule has 0 spiro atoms. The highest BCUT2D eigenvalue weighted by atomic mass is 16.6. The molecule has 0 unspecified atom stereocenters. The minimum absolute atomic E-state index is 0.0640. The maximum atomic E-state index is 12.0. The molecule has 0 radical (unpaired) electrons. The van der Waals surface area contributed by atoms with E-state index in [0.717, 1.165) is 5.56 Å². The largest absolute Gasteiger partial charge is 0.320 e. The van der Waals surface area contributed by atoms with E-state index in [1.807, 2.05) is 0 Å². The van der Waals surface area contributed by atoms with Crippen LogP contribution in [0.5, 0.6) is 0 Å². The molecule has 0 saturated carbocycles. The van der Waals surface area contributed by atoms with Crippen LogP contribution in [-0.2, 0) is 7.05 Å². The lowest BCUT2D eigenvalue weighted by Gasteiger charge is -2.08. The molecular weight excluding hydrogens is 248 g/mol. The fraction of sp³-hybridized carbons (Fsp3) is 0.167. The quantitative estimate of drug-likeness (QED) is 0.674. The molecule has 0 saturated heterocycles. The lowest BCUT2D eigenvalue weighted by atomic mass is 10.2. The first kappa shape index (κ1) is 12.7. The number of aryl methyl sites for hydroxylation is 2. The molecule has 2 rings (SSSR count). The zero-order valence-electron chi connectivity index (χ0n) is 10.5. The van der Waals surface area contributed by atoms with Gasteiger partial charge >= 0.3 is 0 Å². The third-order valence-corrected chi connectivity index (χ3v) is 2.73. The lowest BCUT2D eigenvalue weighted by molar-refractivity contribution is -0.384. The van der Waals surface area contributed by atoms with Crippen LogP contribution in [0.15, 0.2) is 30.5 Å². The molecule has 1 aromatic heterocycles. The minimum Gasteiger partial charge on any atom is -0.320 e. The maximum Gasteiger partial charge on any atom is 0.273 e. The molecule has 0 aliphatic carbocycles. The summed E-state index contributed by atoms with van der Waals surface area (Å²) in [5.74, 6) is -0.358. The van der Waals surface area contributed by atoms with Gasteiger partial charge in [0.15, 0.2) is 0 Å². The van der Waals surface area contributed by atoms with E-state index < -0.39 is 4.92 Å². The van der Waals surface area contributed by atoms with Crippen LogP contribution in [0.4, 0.5) is 11.4 Å². The van der Waals surface area contributed by atoms with E-state index in [4.69, 9.17) is 0 Å². The summed E-state index contributed by atoms with van der Waals surface area (Å²) in [4.78, 5) is 22.2. The van der Waals surface area contributed by atoms with Crippen molar-refractivity contribution in [3.05, 3.63) is 51.8 Å². The van der Waals surface area contributed by atoms with Crippen LogP contribution < -0.4 is 5.32 Å². The van der Waals surface area contributed by atoms with Crippen molar-refractivity contribution < 1.29 is 9.72 Å². The molecule has 98 valence electrons. The summed E-state index contributed by atoms with van der Waals surface area (Å²) >= 11 is 0. The summed E-state index contributed by atoms with van der Waals surface area (Å²) in [6.07, 6.45) is 1.51. The summed E-state index contributed by atoms with van der Waals surface area (Å²) < 4.78 is 1.43. The first-order valence-electron chi connectivity index (χ1n) is 5.53. The van der Waals surface area contributed by atoms with Gasteiger partial charge in [0.2, 0.25) is 0 Å². The molecule has 0 bridgehead atoms. The van der Waals surface area contributed by atoms with Crippen molar-refractivity contribution in [3.63, 3.8) is 0 Å². The Morgan fingerprint density at radius 1 is 1.42 bits per heavy atom. The molecule has 7 heteroatoms. The Balaban J connectivity index is 2.28. The van der Waals surface area contributed by atoms with E-state index in [-0.39, 0.29) is 11.6 Å². The number of carbonyl (C=O) groups is 1. The lowest BCUT2D eigenvalue weighted by Crippen LogP contribution is -2.16. The number of nitro groups is 1. The summed E-state index contributed by atoms with van der Waals surface area (Å²) in [7, 11) is 1.65. The number of aromatic nitrogens is 2. The smallest absolute Gasteiger partial charge is 0.273 e. The number of nitrogens with zero attached hydrogens (tertiary/aromatic N) is 3. The Morgan fingerprint density at radius 2 is 2.16 bits per heavy atom. The van der Waals surface area contributed by atoms with E-state index in [1.165, 1.54) is 23.0 Å². The van der Waals surface area contributed by atoms with Crippen LogP contribution in [0.2, 0.25) is 0 Å².